The molecule has 0 spiro atoms. The maximum absolute atomic E-state index is 12.8. The highest BCUT2D eigenvalue weighted by molar-refractivity contribution is 8.18. The van der Waals surface area contributed by atoms with Gasteiger partial charge in [0.1, 0.15) is 31.3 Å². The Balaban J connectivity index is 1.33. The number of nitrogens with zero attached hydrogens (tertiary/aromatic N) is 1. The van der Waals surface area contributed by atoms with E-state index in [9.17, 15) is 14.4 Å². The number of anilines is 1. The molecule has 1 aliphatic rings. The van der Waals surface area contributed by atoms with E-state index in [1.54, 1.807) is 54.6 Å². The lowest BCUT2D eigenvalue weighted by molar-refractivity contribution is -0.127. The van der Waals surface area contributed by atoms with Crippen LogP contribution in [0.15, 0.2) is 83.8 Å². The molecule has 1 saturated heterocycles. The van der Waals surface area contributed by atoms with Crippen LogP contribution < -0.4 is 14.8 Å². The fraction of sp³-hybridized carbons (Fsp3) is 0.115. The van der Waals surface area contributed by atoms with E-state index in [0.717, 1.165) is 22.4 Å². The predicted octanol–water partition coefficient (Wildman–Crippen LogP) is 5.47. The first kappa shape index (κ1) is 24.4. The first-order valence-corrected chi connectivity index (χ1v) is 11.9. The Bertz CT molecular complexity index is 1270. The molecule has 3 aromatic rings. The first-order chi connectivity index (χ1) is 17.0. The summed E-state index contributed by atoms with van der Waals surface area (Å²) < 4.78 is 11.3. The summed E-state index contributed by atoms with van der Waals surface area (Å²) in [6.07, 6.45) is 1.60. The number of nitrogens with one attached hydrogen (secondary N) is 1. The minimum Gasteiger partial charge on any atom is -0.490 e. The monoisotopic (exact) mass is 508 g/mol. The van der Waals surface area contributed by atoms with Crippen molar-refractivity contribution < 1.29 is 23.9 Å². The lowest BCUT2D eigenvalue weighted by Crippen LogP contribution is -2.36. The minimum absolute atomic E-state index is 0.232. The summed E-state index contributed by atoms with van der Waals surface area (Å²) in [6, 6.07) is 23.2. The van der Waals surface area contributed by atoms with Gasteiger partial charge in [-0.2, -0.15) is 0 Å². The van der Waals surface area contributed by atoms with Gasteiger partial charge in [-0.1, -0.05) is 48.0 Å². The van der Waals surface area contributed by atoms with Crippen LogP contribution >= 0.6 is 23.4 Å². The lowest BCUT2D eigenvalue weighted by atomic mass is 10.2. The molecule has 0 atom stereocenters. The molecule has 4 rings (SSSR count). The number of amides is 3. The highest BCUT2D eigenvalue weighted by Crippen LogP contribution is 2.32. The van der Waals surface area contributed by atoms with E-state index in [0.29, 0.717) is 35.2 Å². The Morgan fingerprint density at radius 1 is 0.914 bits per heavy atom. The number of halogens is 1. The zero-order valence-electron chi connectivity index (χ0n) is 18.5. The largest absolute Gasteiger partial charge is 0.490 e. The van der Waals surface area contributed by atoms with E-state index >= 15 is 0 Å². The van der Waals surface area contributed by atoms with Crippen molar-refractivity contribution in [3.8, 4) is 11.5 Å². The van der Waals surface area contributed by atoms with Gasteiger partial charge in [0.2, 0.25) is 5.91 Å². The van der Waals surface area contributed by atoms with Gasteiger partial charge in [0.15, 0.2) is 0 Å². The number of imide groups is 1. The van der Waals surface area contributed by atoms with Crippen molar-refractivity contribution >= 4 is 52.2 Å². The summed E-state index contributed by atoms with van der Waals surface area (Å²) in [5.74, 6) is 0.352. The topological polar surface area (TPSA) is 84.9 Å². The van der Waals surface area contributed by atoms with Crippen LogP contribution in [0.25, 0.3) is 6.08 Å². The molecule has 178 valence electrons. The smallest absolute Gasteiger partial charge is 0.294 e. The third-order valence-electron chi connectivity index (χ3n) is 4.80. The van der Waals surface area contributed by atoms with E-state index in [-0.39, 0.29) is 11.4 Å². The number of thioether (sulfide) groups is 1. The van der Waals surface area contributed by atoms with Gasteiger partial charge in [-0.3, -0.25) is 19.3 Å². The number of benzene rings is 3. The van der Waals surface area contributed by atoms with Crippen LogP contribution in [0.3, 0.4) is 0 Å². The molecule has 7 nitrogen and oxygen atoms in total. The zero-order valence-corrected chi connectivity index (χ0v) is 20.1. The van der Waals surface area contributed by atoms with Crippen LogP contribution in [-0.2, 0) is 9.59 Å². The van der Waals surface area contributed by atoms with Crippen molar-refractivity contribution in [2.45, 2.75) is 0 Å². The third-order valence-corrected chi connectivity index (χ3v) is 5.95. The molecule has 3 amide bonds. The fourth-order valence-corrected chi connectivity index (χ4v) is 4.26. The van der Waals surface area contributed by atoms with Crippen molar-refractivity contribution in [3.63, 3.8) is 0 Å². The highest BCUT2D eigenvalue weighted by atomic mass is 35.5. The molecule has 1 fully saturated rings. The predicted molar refractivity (Wildman–Crippen MR) is 137 cm³/mol. The molecule has 35 heavy (non-hydrogen) atoms. The van der Waals surface area contributed by atoms with Gasteiger partial charge in [-0.05, 0) is 65.9 Å². The van der Waals surface area contributed by atoms with Gasteiger partial charge < -0.3 is 14.8 Å². The highest BCUT2D eigenvalue weighted by Gasteiger charge is 2.36. The maximum atomic E-state index is 12.8. The van der Waals surface area contributed by atoms with Gasteiger partial charge >= 0.3 is 0 Å². The van der Waals surface area contributed by atoms with Crippen LogP contribution in [-0.4, -0.2) is 41.7 Å². The van der Waals surface area contributed by atoms with Crippen LogP contribution in [0.2, 0.25) is 5.02 Å². The number of hydrogen-bond donors (Lipinski definition) is 1. The van der Waals surface area contributed by atoms with Crippen molar-refractivity contribution in [3.05, 3.63) is 94.4 Å². The number of hydrogen-bond acceptors (Lipinski definition) is 6. The van der Waals surface area contributed by atoms with E-state index in [2.05, 4.69) is 5.32 Å². The number of ether oxygens (including phenoxy) is 2. The van der Waals surface area contributed by atoms with Gasteiger partial charge in [0.05, 0.1) is 4.91 Å². The Kier molecular flexibility index (Phi) is 8.07. The summed E-state index contributed by atoms with van der Waals surface area (Å²) in [5.41, 5.74) is 1.18. The van der Waals surface area contributed by atoms with Crippen molar-refractivity contribution in [2.24, 2.45) is 0 Å². The average molecular weight is 509 g/mol. The second kappa shape index (κ2) is 11.6. The normalized spacial score (nSPS) is 14.3. The zero-order chi connectivity index (χ0) is 24.6. The molecule has 0 aliphatic carbocycles. The van der Waals surface area contributed by atoms with Crippen LogP contribution in [0.5, 0.6) is 11.5 Å². The van der Waals surface area contributed by atoms with Crippen molar-refractivity contribution in [2.75, 3.05) is 25.1 Å². The Morgan fingerprint density at radius 2 is 1.63 bits per heavy atom. The van der Waals surface area contributed by atoms with Gasteiger partial charge in [-0.25, -0.2) is 0 Å². The van der Waals surface area contributed by atoms with Crippen molar-refractivity contribution in [1.82, 2.24) is 4.90 Å². The molecule has 0 bridgehead atoms. The molecular weight excluding hydrogens is 488 g/mol. The number of rotatable bonds is 9. The van der Waals surface area contributed by atoms with Gasteiger partial charge in [0, 0.05) is 10.7 Å². The summed E-state index contributed by atoms with van der Waals surface area (Å²) in [6.45, 7) is 0.333. The van der Waals surface area contributed by atoms with Crippen LogP contribution in [0.4, 0.5) is 10.5 Å². The number of carbonyl (C=O) groups excluding carboxylic acids is 3. The average Bonchev–Trinajstić information content (AvgIpc) is 3.10. The summed E-state index contributed by atoms with van der Waals surface area (Å²) in [5, 5.41) is 2.59. The van der Waals surface area contributed by atoms with Crippen LogP contribution in [0, 0.1) is 0 Å². The lowest BCUT2D eigenvalue weighted by Gasteiger charge is -2.12. The summed E-state index contributed by atoms with van der Waals surface area (Å²) in [4.78, 5) is 38.6. The quantitative estimate of drug-likeness (QED) is 0.304. The van der Waals surface area contributed by atoms with E-state index in [1.807, 2.05) is 30.3 Å². The molecule has 9 heteroatoms. The van der Waals surface area contributed by atoms with E-state index in [4.69, 9.17) is 21.1 Å². The molecule has 3 aromatic carbocycles. The number of carbonyl (C=O) groups is 3. The van der Waals surface area contributed by atoms with Gasteiger partial charge in [-0.15, -0.1) is 0 Å². The second-order valence-electron chi connectivity index (χ2n) is 7.41. The van der Waals surface area contributed by atoms with E-state index < -0.39 is 17.1 Å². The second-order valence-corrected chi connectivity index (χ2v) is 8.84. The summed E-state index contributed by atoms with van der Waals surface area (Å²) in [7, 11) is 0. The first-order valence-electron chi connectivity index (χ1n) is 10.7. The molecule has 0 radical (unpaired) electrons. The van der Waals surface area contributed by atoms with Gasteiger partial charge in [0.25, 0.3) is 11.1 Å². The third kappa shape index (κ3) is 6.88. The summed E-state index contributed by atoms with van der Waals surface area (Å²) >= 11 is 6.71. The standard InChI is InChI=1S/C26H21ClN2O5S/c27-19-7-5-8-20(16-19)28-24(30)17-29-25(31)23(35-26(29)32)15-18-6-4-11-22(14-18)34-13-12-33-21-9-2-1-3-10-21/h1-11,14-16H,12-13,17H2,(H,28,30)/b23-15+. The fourth-order valence-electron chi connectivity index (χ4n) is 3.23. The molecular formula is C26H21ClN2O5S. The Morgan fingerprint density at radius 3 is 2.40 bits per heavy atom. The molecule has 1 heterocycles. The molecule has 0 saturated carbocycles. The Labute approximate surface area is 211 Å². The number of para-hydroxylation sites is 1. The molecule has 1 aliphatic heterocycles. The van der Waals surface area contributed by atoms with Crippen LogP contribution in [0.1, 0.15) is 5.56 Å². The van der Waals surface area contributed by atoms with Crippen molar-refractivity contribution in [1.29, 1.82) is 0 Å². The SMILES string of the molecule is O=C(CN1C(=O)S/C(=C/c2cccc(OCCOc3ccccc3)c2)C1=O)Nc1cccc(Cl)c1. The molecule has 1 N–H and O–H groups in total. The minimum atomic E-state index is -0.524. The van der Waals surface area contributed by atoms with E-state index in [1.165, 1.54) is 0 Å². The maximum Gasteiger partial charge on any atom is 0.294 e. The Hall–Kier alpha value is -3.75. The molecule has 0 unspecified atom stereocenters. The molecule has 0 aromatic heterocycles.